The van der Waals surface area contributed by atoms with Gasteiger partial charge in [-0.05, 0) is 41.3 Å². The van der Waals surface area contributed by atoms with Crippen molar-refractivity contribution in [2.45, 2.75) is 25.0 Å². The van der Waals surface area contributed by atoms with Gasteiger partial charge in [-0.25, -0.2) is 0 Å². The molecule has 0 bridgehead atoms. The van der Waals surface area contributed by atoms with Crippen LogP contribution >= 0.6 is 15.9 Å². The second-order valence-electron chi connectivity index (χ2n) is 8.03. The minimum absolute atomic E-state index is 0.198. The van der Waals surface area contributed by atoms with Crippen molar-refractivity contribution in [3.8, 4) is 11.8 Å². The highest BCUT2D eigenvalue weighted by Crippen LogP contribution is 2.40. The van der Waals surface area contributed by atoms with Gasteiger partial charge in [0, 0.05) is 4.47 Å². The number of ether oxygens (including phenoxy) is 2. The largest absolute Gasteiger partial charge is 0.488 e. The lowest BCUT2D eigenvalue weighted by Gasteiger charge is -2.37. The molecule has 0 saturated heterocycles. The molecular weight excluding hydrogens is 486 g/mol. The Morgan fingerprint density at radius 1 is 0.794 bits per heavy atom. The van der Waals surface area contributed by atoms with Crippen molar-refractivity contribution >= 4 is 15.9 Å². The molecule has 0 aliphatic carbocycles. The Labute approximate surface area is 209 Å². The molecular formula is C30H26BrNO2. The van der Waals surface area contributed by atoms with Crippen LogP contribution in [0.5, 0.6) is 5.75 Å². The molecule has 0 amide bonds. The molecule has 1 unspecified atom stereocenters. The summed E-state index contributed by atoms with van der Waals surface area (Å²) in [4.78, 5) is 0. The SMILES string of the molecule is CCC(COC(c1ccccc1)(c1ccccc1)c1ccccc1)Oc1cc(Br)cc(C#N)c1. The zero-order valence-corrected chi connectivity index (χ0v) is 20.6. The number of nitrogens with zero attached hydrogens (tertiary/aromatic N) is 1. The maximum Gasteiger partial charge on any atom is 0.143 e. The number of halogens is 1. The number of nitriles is 1. The van der Waals surface area contributed by atoms with Crippen LogP contribution in [-0.2, 0) is 10.3 Å². The third kappa shape index (κ3) is 5.22. The van der Waals surface area contributed by atoms with E-state index in [4.69, 9.17) is 9.47 Å². The molecule has 0 fully saturated rings. The molecule has 0 spiro atoms. The van der Waals surface area contributed by atoms with Crippen LogP contribution in [0.15, 0.2) is 114 Å². The lowest BCUT2D eigenvalue weighted by molar-refractivity contribution is -0.0312. The van der Waals surface area contributed by atoms with E-state index in [0.29, 0.717) is 17.9 Å². The van der Waals surface area contributed by atoms with E-state index in [1.807, 2.05) is 60.7 Å². The lowest BCUT2D eigenvalue weighted by atomic mass is 9.80. The van der Waals surface area contributed by atoms with Crippen LogP contribution in [0.2, 0.25) is 0 Å². The Kier molecular flexibility index (Phi) is 7.80. The molecule has 34 heavy (non-hydrogen) atoms. The fourth-order valence-electron chi connectivity index (χ4n) is 4.11. The Morgan fingerprint density at radius 2 is 1.29 bits per heavy atom. The molecule has 0 aliphatic heterocycles. The molecule has 0 aromatic heterocycles. The Bertz CT molecular complexity index is 1140. The fourth-order valence-corrected chi connectivity index (χ4v) is 4.58. The van der Waals surface area contributed by atoms with Gasteiger partial charge in [0.2, 0.25) is 0 Å². The van der Waals surface area contributed by atoms with Gasteiger partial charge in [0.15, 0.2) is 0 Å². The fraction of sp³-hybridized carbons (Fsp3) is 0.167. The van der Waals surface area contributed by atoms with E-state index in [-0.39, 0.29) is 6.10 Å². The van der Waals surface area contributed by atoms with E-state index >= 15 is 0 Å². The van der Waals surface area contributed by atoms with Gasteiger partial charge >= 0.3 is 0 Å². The van der Waals surface area contributed by atoms with Gasteiger partial charge in [-0.2, -0.15) is 5.26 Å². The zero-order chi connectivity index (χ0) is 23.8. The summed E-state index contributed by atoms with van der Waals surface area (Å²) in [6.45, 7) is 2.44. The molecule has 3 nitrogen and oxygen atoms in total. The predicted octanol–water partition coefficient (Wildman–Crippen LogP) is 7.49. The van der Waals surface area contributed by atoms with Gasteiger partial charge in [0.25, 0.3) is 0 Å². The molecule has 0 aliphatic rings. The maximum absolute atomic E-state index is 9.31. The first-order chi connectivity index (χ1) is 16.7. The van der Waals surface area contributed by atoms with Gasteiger partial charge in [-0.3, -0.25) is 0 Å². The lowest BCUT2D eigenvalue weighted by Crippen LogP contribution is -2.37. The average molecular weight is 512 g/mol. The van der Waals surface area contributed by atoms with Crippen molar-refractivity contribution in [2.24, 2.45) is 0 Å². The molecule has 170 valence electrons. The van der Waals surface area contributed by atoms with Crippen LogP contribution in [0.3, 0.4) is 0 Å². The predicted molar refractivity (Wildman–Crippen MR) is 139 cm³/mol. The van der Waals surface area contributed by atoms with E-state index in [1.54, 1.807) is 12.1 Å². The third-order valence-corrected chi connectivity index (χ3v) is 6.24. The van der Waals surface area contributed by atoms with E-state index in [9.17, 15) is 5.26 Å². The molecule has 0 radical (unpaired) electrons. The third-order valence-electron chi connectivity index (χ3n) is 5.79. The standard InChI is InChI=1S/C30H26BrNO2/c1-2-28(34-29-19-23(21-32)18-27(31)20-29)22-33-30(24-12-6-3-7-13-24,25-14-8-4-9-15-25)26-16-10-5-11-17-26/h3-20,28H,2,22H2,1H3. The van der Waals surface area contributed by atoms with Crippen molar-refractivity contribution in [1.82, 2.24) is 0 Å². The van der Waals surface area contributed by atoms with Crippen LogP contribution < -0.4 is 4.74 Å². The summed E-state index contributed by atoms with van der Waals surface area (Å²) in [5, 5.41) is 9.31. The van der Waals surface area contributed by atoms with Gasteiger partial charge < -0.3 is 9.47 Å². The molecule has 0 N–H and O–H groups in total. The normalized spacial score (nSPS) is 12.0. The van der Waals surface area contributed by atoms with E-state index in [2.05, 4.69) is 65.3 Å². The summed E-state index contributed by atoms with van der Waals surface area (Å²) in [5.41, 5.74) is 2.91. The van der Waals surface area contributed by atoms with Gasteiger partial charge in [-0.15, -0.1) is 0 Å². The van der Waals surface area contributed by atoms with Gasteiger partial charge in [-0.1, -0.05) is 114 Å². The maximum atomic E-state index is 9.31. The number of hydrogen-bond acceptors (Lipinski definition) is 3. The van der Waals surface area contributed by atoms with E-state index in [1.165, 1.54) is 0 Å². The van der Waals surface area contributed by atoms with Gasteiger partial charge in [0.05, 0.1) is 18.2 Å². The summed E-state index contributed by atoms with van der Waals surface area (Å²) >= 11 is 3.47. The van der Waals surface area contributed by atoms with Crippen molar-refractivity contribution in [1.29, 1.82) is 5.26 Å². The Morgan fingerprint density at radius 3 is 1.74 bits per heavy atom. The van der Waals surface area contributed by atoms with Crippen LogP contribution in [0.1, 0.15) is 35.6 Å². The Hall–Kier alpha value is -3.39. The van der Waals surface area contributed by atoms with Gasteiger partial charge in [0.1, 0.15) is 17.5 Å². The first-order valence-corrected chi connectivity index (χ1v) is 12.1. The molecule has 4 aromatic carbocycles. The minimum atomic E-state index is -0.796. The summed E-state index contributed by atoms with van der Waals surface area (Å²) in [6.07, 6.45) is 0.555. The topological polar surface area (TPSA) is 42.2 Å². The molecule has 0 saturated carbocycles. The molecule has 4 heteroatoms. The molecule has 1 atom stereocenters. The summed E-state index contributed by atoms with van der Waals surface area (Å²) < 4.78 is 14.0. The zero-order valence-electron chi connectivity index (χ0n) is 19.0. The van der Waals surface area contributed by atoms with Crippen molar-refractivity contribution in [3.63, 3.8) is 0 Å². The van der Waals surface area contributed by atoms with Crippen LogP contribution in [0.25, 0.3) is 0 Å². The monoisotopic (exact) mass is 511 g/mol. The Balaban J connectivity index is 1.73. The minimum Gasteiger partial charge on any atom is -0.488 e. The second kappa shape index (κ2) is 11.2. The smallest absolute Gasteiger partial charge is 0.143 e. The quantitative estimate of drug-likeness (QED) is 0.218. The summed E-state index contributed by atoms with van der Waals surface area (Å²) in [7, 11) is 0. The highest BCUT2D eigenvalue weighted by molar-refractivity contribution is 9.10. The van der Waals surface area contributed by atoms with E-state index in [0.717, 1.165) is 27.6 Å². The molecule has 4 aromatic rings. The highest BCUT2D eigenvalue weighted by atomic mass is 79.9. The first-order valence-electron chi connectivity index (χ1n) is 11.3. The van der Waals surface area contributed by atoms with E-state index < -0.39 is 5.60 Å². The molecule has 0 heterocycles. The van der Waals surface area contributed by atoms with Crippen LogP contribution in [0, 0.1) is 11.3 Å². The first kappa shape index (κ1) is 23.8. The average Bonchev–Trinajstić information content (AvgIpc) is 2.90. The van der Waals surface area contributed by atoms with Crippen LogP contribution in [0.4, 0.5) is 0 Å². The molecule has 4 rings (SSSR count). The number of hydrogen-bond donors (Lipinski definition) is 0. The van der Waals surface area contributed by atoms with Crippen molar-refractivity contribution in [2.75, 3.05) is 6.61 Å². The summed E-state index contributed by atoms with van der Waals surface area (Å²) in [6, 6.07) is 38.5. The van der Waals surface area contributed by atoms with Crippen molar-refractivity contribution < 1.29 is 9.47 Å². The van der Waals surface area contributed by atoms with Crippen LogP contribution in [-0.4, -0.2) is 12.7 Å². The summed E-state index contributed by atoms with van der Waals surface area (Å²) in [5.74, 6) is 0.645. The second-order valence-corrected chi connectivity index (χ2v) is 8.94. The highest BCUT2D eigenvalue weighted by Gasteiger charge is 2.38. The number of rotatable bonds is 9. The number of benzene rings is 4. The van der Waals surface area contributed by atoms with Crippen molar-refractivity contribution in [3.05, 3.63) is 136 Å².